The van der Waals surface area contributed by atoms with E-state index in [2.05, 4.69) is 20.8 Å². The fourth-order valence-corrected chi connectivity index (χ4v) is 5.60. The summed E-state index contributed by atoms with van der Waals surface area (Å²) in [4.78, 5) is 9.68. The summed E-state index contributed by atoms with van der Waals surface area (Å²) in [7, 11) is -0.516. The Hall–Kier alpha value is 0.570. The number of rotatable bonds is 30. The molecule has 0 spiro atoms. The third-order valence-corrected chi connectivity index (χ3v) is 8.41. The van der Waals surface area contributed by atoms with Crippen molar-refractivity contribution < 1.29 is 47.3 Å². The van der Waals surface area contributed by atoms with E-state index in [0.29, 0.717) is 64.7 Å². The predicted octanol–water partition coefficient (Wildman–Crippen LogP) is 4.96. The summed E-state index contributed by atoms with van der Waals surface area (Å²) in [6, 6.07) is 0. The van der Waals surface area contributed by atoms with E-state index in [0.717, 1.165) is 50.2 Å². The molecule has 0 aromatic carbocycles. The number of hydrogen-bond acceptors (Lipinski definition) is 11. The van der Waals surface area contributed by atoms with E-state index in [1.165, 1.54) is 0 Å². The summed E-state index contributed by atoms with van der Waals surface area (Å²) in [5.74, 6) is 1.92. The normalized spacial score (nSPS) is 13.7. The van der Waals surface area contributed by atoms with Gasteiger partial charge in [0, 0.05) is 24.7 Å². The summed E-state index contributed by atoms with van der Waals surface area (Å²) in [5.41, 5.74) is 0.291. The van der Waals surface area contributed by atoms with Crippen LogP contribution < -0.4 is 0 Å². The Bertz CT molecular complexity index is 541. The number of phosphoric acid groups is 1. The first-order valence-electron chi connectivity index (χ1n) is 13.6. The van der Waals surface area contributed by atoms with Crippen LogP contribution in [0.5, 0.6) is 0 Å². The Kier molecular flexibility index (Phi) is 28.1. The first kappa shape index (κ1) is 38.6. The molecule has 0 aliphatic heterocycles. The summed E-state index contributed by atoms with van der Waals surface area (Å²) >= 11 is 0. The highest BCUT2D eigenvalue weighted by Crippen LogP contribution is 2.43. The number of aliphatic hydroxyl groups excluding tert-OH is 1. The molecule has 230 valence electrons. The zero-order valence-electron chi connectivity index (χ0n) is 23.8. The Labute approximate surface area is 238 Å². The number of phosphoric ester groups is 1. The smallest absolute Gasteiger partial charge is 0.396 e. The fraction of sp³-hybridized carbons (Fsp3) is 1.00. The van der Waals surface area contributed by atoms with Crippen molar-refractivity contribution in [3.8, 4) is 0 Å². The van der Waals surface area contributed by atoms with Crippen LogP contribution in [0, 0.1) is 5.41 Å². The molecule has 0 fully saturated rings. The number of aliphatic hydroxyl groups is 1. The molecular formula is C25H53O10PS2. The van der Waals surface area contributed by atoms with Gasteiger partial charge < -0.3 is 33.7 Å². The highest BCUT2D eigenvalue weighted by molar-refractivity contribution is 8.76. The summed E-state index contributed by atoms with van der Waals surface area (Å²) < 4.78 is 48.9. The molecule has 0 heterocycles. The number of hydrogen-bond donors (Lipinski definition) is 2. The van der Waals surface area contributed by atoms with E-state index in [1.54, 1.807) is 21.6 Å². The van der Waals surface area contributed by atoms with Gasteiger partial charge in [0.2, 0.25) is 0 Å². The number of ether oxygens (including phenoxy) is 5. The monoisotopic (exact) mass is 608 g/mol. The number of unbranched alkanes of at least 4 members (excludes halogenated alkanes) is 3. The molecule has 0 aliphatic carbocycles. The lowest BCUT2D eigenvalue weighted by Gasteiger charge is -2.17. The molecular weight excluding hydrogens is 555 g/mol. The van der Waals surface area contributed by atoms with Crippen molar-refractivity contribution in [2.45, 2.75) is 59.3 Å². The van der Waals surface area contributed by atoms with Gasteiger partial charge in [-0.25, -0.2) is 4.57 Å². The van der Waals surface area contributed by atoms with E-state index in [9.17, 15) is 9.46 Å². The van der Waals surface area contributed by atoms with Crippen LogP contribution in [-0.2, 0) is 37.3 Å². The van der Waals surface area contributed by atoms with Gasteiger partial charge in [-0.2, -0.15) is 0 Å². The van der Waals surface area contributed by atoms with Crippen molar-refractivity contribution in [3.05, 3.63) is 0 Å². The largest absolute Gasteiger partial charge is 0.472 e. The molecule has 0 aliphatic rings. The van der Waals surface area contributed by atoms with Crippen molar-refractivity contribution in [1.82, 2.24) is 0 Å². The van der Waals surface area contributed by atoms with Gasteiger partial charge in [0.1, 0.15) is 0 Å². The van der Waals surface area contributed by atoms with Gasteiger partial charge in [0.05, 0.1) is 72.7 Å². The van der Waals surface area contributed by atoms with Gasteiger partial charge in [-0.05, 0) is 31.1 Å². The van der Waals surface area contributed by atoms with Crippen LogP contribution >= 0.6 is 29.4 Å². The second-order valence-corrected chi connectivity index (χ2v) is 13.8. The molecule has 2 N–H and O–H groups in total. The van der Waals surface area contributed by atoms with Crippen molar-refractivity contribution in [3.63, 3.8) is 0 Å². The molecule has 0 aromatic heterocycles. The standard InChI is InChI=1S/C25H53O10PS2/c1-25(2,3)9-12-29-13-14-30-15-16-31-17-18-32-19-20-33-21-22-35-36(27,28)34-11-8-24-38-37-23-7-5-4-6-10-26/h26H,4-24H2,1-3H3,(H,27,28). The van der Waals surface area contributed by atoms with E-state index in [4.69, 9.17) is 37.8 Å². The van der Waals surface area contributed by atoms with E-state index in [1.807, 2.05) is 0 Å². The SMILES string of the molecule is CC(C)(C)CCOCCOCCOCCOCCOCCOP(=O)(O)OCCCSSCCCCCCO. The molecule has 0 rings (SSSR count). The molecule has 0 bridgehead atoms. The first-order chi connectivity index (χ1) is 18.3. The molecule has 0 radical (unpaired) electrons. The van der Waals surface area contributed by atoms with Gasteiger partial charge in [-0.1, -0.05) is 55.2 Å². The molecule has 13 heteroatoms. The molecule has 0 amide bonds. The topological polar surface area (TPSA) is 122 Å². The van der Waals surface area contributed by atoms with Crippen LogP contribution in [0.3, 0.4) is 0 Å². The summed E-state index contributed by atoms with van der Waals surface area (Å²) in [6.07, 6.45) is 5.93. The van der Waals surface area contributed by atoms with Gasteiger partial charge in [-0.15, -0.1) is 0 Å². The van der Waals surface area contributed by atoms with E-state index in [-0.39, 0.29) is 26.4 Å². The van der Waals surface area contributed by atoms with Crippen molar-refractivity contribution >= 4 is 29.4 Å². The molecule has 10 nitrogen and oxygen atoms in total. The Morgan fingerprint density at radius 2 is 1.00 bits per heavy atom. The Balaban J connectivity index is 3.28. The highest BCUT2D eigenvalue weighted by Gasteiger charge is 2.20. The molecule has 1 unspecified atom stereocenters. The van der Waals surface area contributed by atoms with Crippen LogP contribution in [0.1, 0.15) is 59.3 Å². The maximum atomic E-state index is 11.8. The Morgan fingerprint density at radius 3 is 1.50 bits per heavy atom. The second-order valence-electron chi connectivity index (χ2n) is 9.64. The molecule has 1 atom stereocenters. The van der Waals surface area contributed by atoms with Crippen LogP contribution in [0.15, 0.2) is 0 Å². The zero-order chi connectivity index (χ0) is 28.2. The van der Waals surface area contributed by atoms with Crippen molar-refractivity contribution in [2.24, 2.45) is 5.41 Å². The fourth-order valence-electron chi connectivity index (χ4n) is 2.65. The molecule has 0 aromatic rings. The summed E-state index contributed by atoms with van der Waals surface area (Å²) in [5, 5.41) is 8.73. The maximum Gasteiger partial charge on any atom is 0.472 e. The lowest BCUT2D eigenvalue weighted by molar-refractivity contribution is -0.0146. The third-order valence-electron chi connectivity index (χ3n) is 4.81. The quantitative estimate of drug-likeness (QED) is 0.0651. The lowest BCUT2D eigenvalue weighted by Crippen LogP contribution is -2.15. The van der Waals surface area contributed by atoms with Crippen LogP contribution in [0.25, 0.3) is 0 Å². The third kappa shape index (κ3) is 32.8. The summed E-state index contributed by atoms with van der Waals surface area (Å²) in [6.45, 7) is 11.8. The average molecular weight is 609 g/mol. The zero-order valence-corrected chi connectivity index (χ0v) is 26.3. The second kappa shape index (κ2) is 27.7. The molecule has 38 heavy (non-hydrogen) atoms. The van der Waals surface area contributed by atoms with Crippen molar-refractivity contribution in [1.29, 1.82) is 0 Å². The van der Waals surface area contributed by atoms with Gasteiger partial charge in [0.15, 0.2) is 0 Å². The lowest BCUT2D eigenvalue weighted by atomic mass is 9.93. The molecule has 0 saturated heterocycles. The minimum absolute atomic E-state index is 0.0284. The minimum atomic E-state index is -4.05. The van der Waals surface area contributed by atoms with Gasteiger partial charge in [-0.3, -0.25) is 9.05 Å². The average Bonchev–Trinajstić information content (AvgIpc) is 2.86. The predicted molar refractivity (Wildman–Crippen MR) is 155 cm³/mol. The Morgan fingerprint density at radius 1 is 0.579 bits per heavy atom. The van der Waals surface area contributed by atoms with Crippen LogP contribution in [0.4, 0.5) is 0 Å². The van der Waals surface area contributed by atoms with E-state index >= 15 is 0 Å². The van der Waals surface area contributed by atoms with Gasteiger partial charge in [0.25, 0.3) is 0 Å². The highest BCUT2D eigenvalue weighted by atomic mass is 33.1. The van der Waals surface area contributed by atoms with Gasteiger partial charge >= 0.3 is 7.82 Å². The maximum absolute atomic E-state index is 11.8. The minimum Gasteiger partial charge on any atom is -0.396 e. The molecule has 0 saturated carbocycles. The first-order valence-corrected chi connectivity index (χ1v) is 17.6. The van der Waals surface area contributed by atoms with Crippen molar-refractivity contribution in [2.75, 3.05) is 97.4 Å². The van der Waals surface area contributed by atoms with Crippen LogP contribution in [-0.4, -0.2) is 107 Å². The van der Waals surface area contributed by atoms with Crippen LogP contribution in [0.2, 0.25) is 0 Å². The van der Waals surface area contributed by atoms with E-state index < -0.39 is 7.82 Å².